The second-order valence-electron chi connectivity index (χ2n) is 11.4. The van der Waals surface area contributed by atoms with Crippen LogP contribution < -0.4 is 0 Å². The number of rotatable bonds is 3. The molecule has 6 aromatic carbocycles. The molecule has 0 aliphatic rings. The van der Waals surface area contributed by atoms with Crippen molar-refractivity contribution in [3.63, 3.8) is 0 Å². The Kier molecular flexibility index (Phi) is 4.93. The molecule has 5 heteroatoms. The Balaban J connectivity index is 1.39. The van der Waals surface area contributed by atoms with Gasteiger partial charge in [-0.25, -0.2) is 4.98 Å². The van der Waals surface area contributed by atoms with Gasteiger partial charge in [-0.15, -0.1) is 0 Å². The minimum Gasteiger partial charge on any atom is -0.436 e. The summed E-state index contributed by atoms with van der Waals surface area (Å²) in [4.78, 5) is 9.80. The summed E-state index contributed by atoms with van der Waals surface area (Å²) in [6.07, 6.45) is 1.81. The minimum absolute atomic E-state index is 0.558. The molecule has 0 saturated heterocycles. The molecular weight excluding hydrogens is 552 g/mol. The summed E-state index contributed by atoms with van der Waals surface area (Å²) < 4.78 is 11.4. The van der Waals surface area contributed by atoms with Gasteiger partial charge in [0.05, 0.1) is 44.5 Å². The van der Waals surface area contributed by atoms with E-state index in [0.717, 1.165) is 55.4 Å². The Hall–Kier alpha value is -6.20. The summed E-state index contributed by atoms with van der Waals surface area (Å²) >= 11 is 0. The van der Waals surface area contributed by atoms with Gasteiger partial charge in [0, 0.05) is 33.1 Å². The maximum absolute atomic E-state index is 6.60. The summed E-state index contributed by atoms with van der Waals surface area (Å²) in [5.74, 6) is 0.558. The van der Waals surface area contributed by atoms with Crippen LogP contribution in [0.3, 0.4) is 0 Å². The van der Waals surface area contributed by atoms with Crippen molar-refractivity contribution in [2.45, 2.75) is 0 Å². The maximum atomic E-state index is 6.60. The molecule has 0 aliphatic heterocycles. The van der Waals surface area contributed by atoms with Crippen molar-refractivity contribution in [3.8, 4) is 22.8 Å². The summed E-state index contributed by atoms with van der Waals surface area (Å²) in [5.41, 5.74) is 9.80. The third kappa shape index (κ3) is 3.38. The zero-order valence-electron chi connectivity index (χ0n) is 24.1. The van der Waals surface area contributed by atoms with Gasteiger partial charge in [-0.05, 0) is 54.6 Å². The zero-order chi connectivity index (χ0) is 29.5. The van der Waals surface area contributed by atoms with E-state index in [-0.39, 0.29) is 0 Å². The smallest absolute Gasteiger partial charge is 0.229 e. The van der Waals surface area contributed by atoms with Gasteiger partial charge in [-0.2, -0.15) is 0 Å². The SMILES string of the molecule is c1cc(-c2nc3c(ccc4cccnc43)o2)c(-n2c3ccccc3c3ccccc32)c(-n2c3ccccc3c3ccccc32)c1. The van der Waals surface area contributed by atoms with Crippen LogP contribution in [0, 0.1) is 0 Å². The van der Waals surface area contributed by atoms with E-state index in [1.165, 1.54) is 21.5 Å². The van der Waals surface area contributed by atoms with E-state index in [0.29, 0.717) is 11.5 Å². The van der Waals surface area contributed by atoms with Gasteiger partial charge >= 0.3 is 0 Å². The van der Waals surface area contributed by atoms with Crippen LogP contribution in [0.15, 0.2) is 150 Å². The van der Waals surface area contributed by atoms with Crippen molar-refractivity contribution in [1.82, 2.24) is 19.1 Å². The van der Waals surface area contributed by atoms with E-state index in [1.807, 2.05) is 24.4 Å². The number of fused-ring (bicyclic) bond motifs is 9. The monoisotopic (exact) mass is 576 g/mol. The summed E-state index contributed by atoms with van der Waals surface area (Å²) in [6, 6.07) is 49.0. The van der Waals surface area contributed by atoms with Crippen molar-refractivity contribution in [2.24, 2.45) is 0 Å². The first kappa shape index (κ1) is 24.3. The molecule has 0 fully saturated rings. The molecule has 0 saturated carbocycles. The molecule has 0 radical (unpaired) electrons. The number of para-hydroxylation sites is 5. The van der Waals surface area contributed by atoms with E-state index in [4.69, 9.17) is 9.40 Å². The van der Waals surface area contributed by atoms with Crippen LogP contribution in [-0.4, -0.2) is 19.1 Å². The Morgan fingerprint density at radius 2 is 1.04 bits per heavy atom. The lowest BCUT2D eigenvalue weighted by Crippen LogP contribution is -2.05. The fraction of sp³-hybridized carbons (Fsp3) is 0. The largest absolute Gasteiger partial charge is 0.436 e. The lowest BCUT2D eigenvalue weighted by atomic mass is 10.1. The molecule has 45 heavy (non-hydrogen) atoms. The van der Waals surface area contributed by atoms with E-state index in [1.54, 1.807) is 0 Å². The van der Waals surface area contributed by atoms with Crippen molar-refractivity contribution in [2.75, 3.05) is 0 Å². The number of pyridine rings is 1. The molecule has 0 spiro atoms. The van der Waals surface area contributed by atoms with Crippen LogP contribution in [0.4, 0.5) is 0 Å². The van der Waals surface area contributed by atoms with Gasteiger partial charge in [-0.1, -0.05) is 84.9 Å². The lowest BCUT2D eigenvalue weighted by Gasteiger charge is -2.19. The van der Waals surface area contributed by atoms with Crippen LogP contribution in [0.25, 0.3) is 88.4 Å². The lowest BCUT2D eigenvalue weighted by molar-refractivity contribution is 0.619. The molecule has 4 heterocycles. The highest BCUT2D eigenvalue weighted by Gasteiger charge is 2.24. The number of benzene rings is 6. The van der Waals surface area contributed by atoms with Crippen LogP contribution >= 0.6 is 0 Å². The van der Waals surface area contributed by atoms with Crippen molar-refractivity contribution in [3.05, 3.63) is 146 Å². The van der Waals surface area contributed by atoms with Gasteiger partial charge in [0.2, 0.25) is 5.89 Å². The molecule has 10 aromatic rings. The third-order valence-electron chi connectivity index (χ3n) is 9.00. The molecule has 0 amide bonds. The molecule has 4 aromatic heterocycles. The average molecular weight is 577 g/mol. The number of nitrogens with zero attached hydrogens (tertiary/aromatic N) is 4. The van der Waals surface area contributed by atoms with E-state index in [9.17, 15) is 0 Å². The number of aromatic nitrogens is 4. The van der Waals surface area contributed by atoms with E-state index in [2.05, 4.69) is 135 Å². The second kappa shape index (κ2) is 9.15. The Morgan fingerprint density at radius 1 is 0.467 bits per heavy atom. The normalized spacial score (nSPS) is 12.0. The predicted octanol–water partition coefficient (Wildman–Crippen LogP) is 10.2. The quantitative estimate of drug-likeness (QED) is 0.210. The predicted molar refractivity (Wildman–Crippen MR) is 183 cm³/mol. The highest BCUT2D eigenvalue weighted by molar-refractivity contribution is 6.12. The van der Waals surface area contributed by atoms with Crippen molar-refractivity contribution < 1.29 is 4.42 Å². The van der Waals surface area contributed by atoms with Crippen molar-refractivity contribution >= 4 is 65.6 Å². The Bertz CT molecular complexity index is 2670. The third-order valence-corrected chi connectivity index (χ3v) is 9.00. The summed E-state index contributed by atoms with van der Waals surface area (Å²) in [6.45, 7) is 0. The average Bonchev–Trinajstić information content (AvgIpc) is 3.79. The molecule has 0 bridgehead atoms. The van der Waals surface area contributed by atoms with Crippen LogP contribution in [0.1, 0.15) is 0 Å². The molecule has 210 valence electrons. The van der Waals surface area contributed by atoms with Gasteiger partial charge in [0.25, 0.3) is 0 Å². The maximum Gasteiger partial charge on any atom is 0.229 e. The minimum atomic E-state index is 0.558. The molecule has 5 nitrogen and oxygen atoms in total. The molecule has 0 atom stereocenters. The molecular formula is C40H24N4O. The molecule has 10 rings (SSSR count). The van der Waals surface area contributed by atoms with Gasteiger partial charge in [0.1, 0.15) is 5.52 Å². The standard InChI is InChI=1S/C40H24N4O/c1-5-17-31-26(12-1)27-13-2-6-18-32(27)43(31)35-21-9-16-30(40-42-38-36(45-40)23-22-25-11-10-24-41-37(25)38)39(35)44-33-19-7-3-14-28(33)29-15-4-8-20-34(29)44/h1-24H. The van der Waals surface area contributed by atoms with Gasteiger partial charge in [-0.3, -0.25) is 4.98 Å². The van der Waals surface area contributed by atoms with Gasteiger partial charge in [0.15, 0.2) is 5.58 Å². The fourth-order valence-corrected chi connectivity index (χ4v) is 7.11. The first-order chi connectivity index (χ1) is 22.3. The van der Waals surface area contributed by atoms with Crippen LogP contribution in [0.2, 0.25) is 0 Å². The van der Waals surface area contributed by atoms with E-state index < -0.39 is 0 Å². The second-order valence-corrected chi connectivity index (χ2v) is 11.4. The summed E-state index contributed by atoms with van der Waals surface area (Å²) in [7, 11) is 0. The van der Waals surface area contributed by atoms with Crippen LogP contribution in [0.5, 0.6) is 0 Å². The van der Waals surface area contributed by atoms with Crippen LogP contribution in [-0.2, 0) is 0 Å². The number of hydrogen-bond donors (Lipinski definition) is 0. The zero-order valence-corrected chi connectivity index (χ0v) is 24.1. The highest BCUT2D eigenvalue weighted by atomic mass is 16.3. The topological polar surface area (TPSA) is 48.8 Å². The summed E-state index contributed by atoms with van der Waals surface area (Å²) in [5, 5.41) is 5.86. The first-order valence-corrected chi connectivity index (χ1v) is 15.1. The molecule has 0 unspecified atom stereocenters. The van der Waals surface area contributed by atoms with E-state index >= 15 is 0 Å². The fourth-order valence-electron chi connectivity index (χ4n) is 7.11. The highest BCUT2D eigenvalue weighted by Crippen LogP contribution is 2.42. The Morgan fingerprint density at radius 3 is 1.67 bits per heavy atom. The number of oxazole rings is 1. The van der Waals surface area contributed by atoms with Gasteiger partial charge < -0.3 is 13.6 Å². The van der Waals surface area contributed by atoms with Crippen molar-refractivity contribution in [1.29, 1.82) is 0 Å². The molecule has 0 aliphatic carbocycles. The number of hydrogen-bond acceptors (Lipinski definition) is 3. The molecule has 0 N–H and O–H groups in total. The first-order valence-electron chi connectivity index (χ1n) is 15.1. The Labute approximate surface area is 257 Å².